The largest absolute Gasteiger partial charge is 0.321 e. The smallest absolute Gasteiger partial charge is 0.163 e. The quantitative estimate of drug-likeness (QED) is 0.553. The van der Waals surface area contributed by atoms with Crippen LogP contribution in [0.4, 0.5) is 0 Å². The van der Waals surface area contributed by atoms with Crippen LogP contribution in [-0.2, 0) is 14.4 Å². The number of carbonyl (C=O) groups excluding carboxylic acids is 3. The van der Waals surface area contributed by atoms with Crippen LogP contribution in [0.2, 0.25) is 0 Å². The maximum absolute atomic E-state index is 14.1. The van der Waals surface area contributed by atoms with Gasteiger partial charge in [-0.25, -0.2) is 0 Å². The first-order valence-corrected chi connectivity index (χ1v) is 11.3. The van der Waals surface area contributed by atoms with Crippen molar-refractivity contribution in [3.05, 3.63) is 0 Å². The Hall–Kier alpha value is -1.07. The molecule has 0 saturated heterocycles. The number of ketones is 3. The van der Waals surface area contributed by atoms with Crippen LogP contribution in [0.5, 0.6) is 0 Å². The van der Waals surface area contributed by atoms with Crippen LogP contribution in [0.25, 0.3) is 0 Å². The molecule has 5 nitrogen and oxygen atoms in total. The third-order valence-corrected chi connectivity index (χ3v) is 7.85. The minimum absolute atomic E-state index is 0.0235. The molecule has 2 saturated carbocycles. The van der Waals surface area contributed by atoms with Gasteiger partial charge >= 0.3 is 0 Å². The number of rotatable bonds is 10. The monoisotopic (exact) mass is 392 g/mol. The third-order valence-electron chi connectivity index (χ3n) is 7.85. The highest BCUT2D eigenvalue weighted by Gasteiger charge is 2.60. The molecule has 2 fully saturated rings. The standard InChI is InChI=1S/C23H40N2O3/c1-5-15(3)17(24)19(26)22(11-7-8-12-22)21(28)23(13-9-10-14-23)20(27)18(25)16(4)6-2/h15-18H,5-14,24-25H2,1-4H3/t15-,16-,17-,18-/m0/s1. The van der Waals surface area contributed by atoms with Crippen LogP contribution < -0.4 is 11.5 Å². The topological polar surface area (TPSA) is 103 Å². The summed E-state index contributed by atoms with van der Waals surface area (Å²) in [6.07, 6.45) is 7.06. The van der Waals surface area contributed by atoms with Crippen molar-refractivity contribution in [3.8, 4) is 0 Å². The molecule has 0 heterocycles. The van der Waals surface area contributed by atoms with E-state index in [4.69, 9.17) is 11.5 Å². The van der Waals surface area contributed by atoms with E-state index < -0.39 is 22.9 Å². The Morgan fingerprint density at radius 1 is 0.714 bits per heavy atom. The van der Waals surface area contributed by atoms with Crippen LogP contribution in [0.15, 0.2) is 0 Å². The van der Waals surface area contributed by atoms with Crippen molar-refractivity contribution < 1.29 is 14.4 Å². The molecule has 2 aliphatic carbocycles. The lowest BCUT2D eigenvalue weighted by Crippen LogP contribution is -2.58. The van der Waals surface area contributed by atoms with E-state index in [9.17, 15) is 14.4 Å². The minimum Gasteiger partial charge on any atom is -0.321 e. The molecule has 0 aromatic heterocycles. The van der Waals surface area contributed by atoms with Crippen LogP contribution in [0, 0.1) is 22.7 Å². The van der Waals surface area contributed by atoms with Crippen LogP contribution in [0.1, 0.15) is 91.9 Å². The predicted octanol–water partition coefficient (Wildman–Crippen LogP) is 3.56. The van der Waals surface area contributed by atoms with Crippen molar-refractivity contribution in [2.24, 2.45) is 34.1 Å². The lowest BCUT2D eigenvalue weighted by molar-refractivity contribution is -0.153. The van der Waals surface area contributed by atoms with Gasteiger partial charge in [0.05, 0.1) is 22.9 Å². The van der Waals surface area contributed by atoms with E-state index in [0.29, 0.717) is 25.7 Å². The zero-order chi connectivity index (χ0) is 21.1. The van der Waals surface area contributed by atoms with Gasteiger partial charge in [0.15, 0.2) is 17.3 Å². The van der Waals surface area contributed by atoms with Gasteiger partial charge < -0.3 is 11.5 Å². The molecular weight excluding hydrogens is 352 g/mol. The average molecular weight is 393 g/mol. The van der Waals surface area contributed by atoms with Gasteiger partial charge in [0, 0.05) is 0 Å². The molecule has 160 valence electrons. The number of nitrogens with two attached hydrogens (primary N) is 2. The Balaban J connectivity index is 2.44. The van der Waals surface area contributed by atoms with Gasteiger partial charge in [-0.15, -0.1) is 0 Å². The first kappa shape index (κ1) is 23.2. The van der Waals surface area contributed by atoms with Gasteiger partial charge in [0.2, 0.25) is 0 Å². The van der Waals surface area contributed by atoms with E-state index in [-0.39, 0.29) is 29.2 Å². The van der Waals surface area contributed by atoms with Gasteiger partial charge in [-0.05, 0) is 37.5 Å². The molecule has 5 heteroatoms. The molecule has 4 N–H and O–H groups in total. The molecule has 4 atom stereocenters. The van der Waals surface area contributed by atoms with Crippen molar-refractivity contribution in [2.75, 3.05) is 0 Å². The maximum Gasteiger partial charge on any atom is 0.163 e. The highest BCUT2D eigenvalue weighted by atomic mass is 16.2. The Morgan fingerprint density at radius 3 is 1.25 bits per heavy atom. The van der Waals surface area contributed by atoms with Gasteiger partial charge in [-0.2, -0.15) is 0 Å². The van der Waals surface area contributed by atoms with Crippen molar-refractivity contribution >= 4 is 17.3 Å². The predicted molar refractivity (Wildman–Crippen MR) is 112 cm³/mol. The minimum atomic E-state index is -1.09. The van der Waals surface area contributed by atoms with Crippen molar-refractivity contribution in [1.29, 1.82) is 0 Å². The fraction of sp³-hybridized carbons (Fsp3) is 0.870. The first-order valence-electron chi connectivity index (χ1n) is 11.3. The van der Waals surface area contributed by atoms with E-state index in [1.807, 2.05) is 27.7 Å². The molecule has 0 aliphatic heterocycles. The summed E-state index contributed by atoms with van der Waals surface area (Å²) in [7, 11) is 0. The summed E-state index contributed by atoms with van der Waals surface area (Å²) in [6.45, 7) is 7.94. The Kier molecular flexibility index (Phi) is 7.60. The molecule has 0 amide bonds. The summed E-state index contributed by atoms with van der Waals surface area (Å²) in [6, 6.07) is -1.30. The lowest BCUT2D eigenvalue weighted by Gasteiger charge is -2.39. The first-order chi connectivity index (χ1) is 13.2. The van der Waals surface area contributed by atoms with E-state index >= 15 is 0 Å². The molecule has 0 aromatic rings. The van der Waals surface area contributed by atoms with Gasteiger partial charge in [-0.1, -0.05) is 66.2 Å². The second kappa shape index (κ2) is 9.17. The van der Waals surface area contributed by atoms with E-state index in [1.54, 1.807) is 0 Å². The zero-order valence-corrected chi connectivity index (χ0v) is 18.3. The number of hydrogen-bond acceptors (Lipinski definition) is 5. The molecule has 0 aromatic carbocycles. The molecule has 0 bridgehead atoms. The second-order valence-corrected chi connectivity index (χ2v) is 9.46. The lowest BCUT2D eigenvalue weighted by atomic mass is 9.61. The third kappa shape index (κ3) is 3.85. The van der Waals surface area contributed by atoms with Gasteiger partial charge in [0.1, 0.15) is 0 Å². The molecule has 28 heavy (non-hydrogen) atoms. The average Bonchev–Trinajstić information content (AvgIpc) is 3.40. The van der Waals surface area contributed by atoms with Crippen molar-refractivity contribution in [1.82, 2.24) is 0 Å². The van der Waals surface area contributed by atoms with E-state index in [0.717, 1.165) is 38.5 Å². The summed E-state index contributed by atoms with van der Waals surface area (Å²) in [5, 5.41) is 0. The fourth-order valence-corrected chi connectivity index (χ4v) is 5.25. The molecule has 0 unspecified atom stereocenters. The summed E-state index contributed by atoms with van der Waals surface area (Å²) in [4.78, 5) is 41.1. The molecular formula is C23H40N2O3. The van der Waals surface area contributed by atoms with Gasteiger partial charge in [0.25, 0.3) is 0 Å². The summed E-state index contributed by atoms with van der Waals surface area (Å²) < 4.78 is 0. The number of carbonyl (C=O) groups is 3. The molecule has 2 aliphatic rings. The van der Waals surface area contributed by atoms with Crippen molar-refractivity contribution in [3.63, 3.8) is 0 Å². The van der Waals surface area contributed by atoms with Crippen molar-refractivity contribution in [2.45, 2.75) is 104 Å². The zero-order valence-electron chi connectivity index (χ0n) is 18.3. The highest BCUT2D eigenvalue weighted by molar-refractivity contribution is 6.19. The number of hydrogen-bond donors (Lipinski definition) is 2. The Morgan fingerprint density at radius 2 is 1.00 bits per heavy atom. The maximum atomic E-state index is 14.1. The van der Waals surface area contributed by atoms with Crippen LogP contribution >= 0.6 is 0 Å². The Bertz CT molecular complexity index is 539. The van der Waals surface area contributed by atoms with E-state index in [1.165, 1.54) is 0 Å². The fourth-order valence-electron chi connectivity index (χ4n) is 5.25. The highest BCUT2D eigenvalue weighted by Crippen LogP contribution is 2.51. The summed E-state index contributed by atoms with van der Waals surface area (Å²) in [5.41, 5.74) is 10.4. The van der Waals surface area contributed by atoms with Crippen LogP contribution in [0.3, 0.4) is 0 Å². The SMILES string of the molecule is CC[C@H](C)[C@H](N)C(=O)C1(C(=O)C2(C(=O)[C@@H](N)[C@@H](C)CC)CCCC2)CCCC1. The van der Waals surface area contributed by atoms with Crippen LogP contribution in [-0.4, -0.2) is 29.4 Å². The second-order valence-electron chi connectivity index (χ2n) is 9.46. The molecule has 2 rings (SSSR count). The van der Waals surface area contributed by atoms with Gasteiger partial charge in [-0.3, -0.25) is 14.4 Å². The summed E-state index contributed by atoms with van der Waals surface area (Å²) >= 11 is 0. The Labute approximate surface area is 170 Å². The molecule has 0 radical (unpaired) electrons. The number of Topliss-reactive ketones (excluding diaryl/α,β-unsaturated/α-hetero) is 3. The molecule has 0 spiro atoms. The summed E-state index contributed by atoms with van der Waals surface area (Å²) in [5.74, 6) is -0.380. The normalized spacial score (nSPS) is 25.1. The van der Waals surface area contributed by atoms with E-state index in [2.05, 4.69) is 0 Å².